The van der Waals surface area contributed by atoms with Crippen LogP contribution in [-0.4, -0.2) is 25.7 Å². The van der Waals surface area contributed by atoms with Crippen molar-refractivity contribution >= 4 is 27.0 Å². The SMILES string of the molecule is C=CC(=O)OCCCCCc1ccc(OC(F)(F)c2c(F)cc(CCCCCOC=O)cc2P)cc1. The van der Waals surface area contributed by atoms with Gasteiger partial charge in [-0.2, -0.15) is 8.78 Å². The van der Waals surface area contributed by atoms with E-state index in [1.165, 1.54) is 18.2 Å². The quantitative estimate of drug-likeness (QED) is 0.0863. The van der Waals surface area contributed by atoms with Crippen molar-refractivity contribution in [3.05, 3.63) is 71.6 Å². The lowest BCUT2D eigenvalue weighted by molar-refractivity contribution is -0.186. The zero-order valence-corrected chi connectivity index (χ0v) is 21.3. The number of alkyl halides is 2. The molecule has 0 N–H and O–H groups in total. The number of aryl methyl sites for hydroxylation is 2. The van der Waals surface area contributed by atoms with Crippen molar-refractivity contribution in [2.45, 2.75) is 57.5 Å². The number of hydrogen-bond acceptors (Lipinski definition) is 5. The summed E-state index contributed by atoms with van der Waals surface area (Å²) in [5, 5.41) is 0.0367. The molecule has 5 nitrogen and oxygen atoms in total. The molecular formula is C27H32F3O5P. The van der Waals surface area contributed by atoms with Crippen LogP contribution < -0.4 is 10.0 Å². The maximum absolute atomic E-state index is 14.9. The molecule has 196 valence electrons. The van der Waals surface area contributed by atoms with Gasteiger partial charge >= 0.3 is 12.1 Å². The third-order valence-corrected chi connectivity index (χ3v) is 5.91. The number of carbonyl (C=O) groups excluding carboxylic acids is 2. The van der Waals surface area contributed by atoms with E-state index in [2.05, 4.69) is 20.6 Å². The van der Waals surface area contributed by atoms with E-state index in [0.29, 0.717) is 44.5 Å². The molecule has 0 saturated heterocycles. The van der Waals surface area contributed by atoms with Crippen LogP contribution in [0, 0.1) is 5.82 Å². The normalized spacial score (nSPS) is 11.1. The Morgan fingerprint density at radius 3 is 2.19 bits per heavy atom. The van der Waals surface area contributed by atoms with E-state index in [-0.39, 0.29) is 11.1 Å². The monoisotopic (exact) mass is 524 g/mol. The number of carbonyl (C=O) groups is 2. The second-order valence-corrected chi connectivity index (χ2v) is 8.89. The zero-order valence-electron chi connectivity index (χ0n) is 20.1. The number of ether oxygens (including phenoxy) is 3. The number of esters is 1. The van der Waals surface area contributed by atoms with Gasteiger partial charge in [-0.1, -0.05) is 24.8 Å². The lowest BCUT2D eigenvalue weighted by Gasteiger charge is -2.21. The number of rotatable bonds is 17. The maximum Gasteiger partial charge on any atom is 0.430 e. The van der Waals surface area contributed by atoms with Gasteiger partial charge in [-0.25, -0.2) is 9.18 Å². The smallest absolute Gasteiger partial charge is 0.430 e. The second kappa shape index (κ2) is 15.3. The molecule has 0 bridgehead atoms. The van der Waals surface area contributed by atoms with Gasteiger partial charge in [-0.3, -0.25) is 4.79 Å². The highest BCUT2D eigenvalue weighted by atomic mass is 31.0. The van der Waals surface area contributed by atoms with E-state index < -0.39 is 23.5 Å². The van der Waals surface area contributed by atoms with Gasteiger partial charge in [0.1, 0.15) is 17.1 Å². The first-order valence-corrected chi connectivity index (χ1v) is 12.4. The molecule has 0 aliphatic heterocycles. The molecule has 0 aliphatic carbocycles. The minimum absolute atomic E-state index is 0.0367. The van der Waals surface area contributed by atoms with Crippen LogP contribution in [0.3, 0.4) is 0 Å². The Balaban J connectivity index is 1.87. The molecule has 0 saturated carbocycles. The van der Waals surface area contributed by atoms with Crippen LogP contribution in [0.2, 0.25) is 0 Å². The molecule has 0 fully saturated rings. The first-order chi connectivity index (χ1) is 17.3. The van der Waals surface area contributed by atoms with Crippen molar-refractivity contribution in [2.75, 3.05) is 13.2 Å². The fourth-order valence-corrected chi connectivity index (χ4v) is 4.16. The third-order valence-electron chi connectivity index (χ3n) is 5.46. The van der Waals surface area contributed by atoms with Crippen LogP contribution in [-0.2, 0) is 38.0 Å². The largest absolute Gasteiger partial charge is 0.468 e. The van der Waals surface area contributed by atoms with Crippen LogP contribution in [0.25, 0.3) is 0 Å². The first kappa shape index (κ1) is 29.4. The lowest BCUT2D eigenvalue weighted by Crippen LogP contribution is -2.29. The summed E-state index contributed by atoms with van der Waals surface area (Å²) in [5.41, 5.74) is 0.752. The Morgan fingerprint density at radius 1 is 0.944 bits per heavy atom. The Bertz CT molecular complexity index is 972. The second-order valence-electron chi connectivity index (χ2n) is 8.26. The van der Waals surface area contributed by atoms with Gasteiger partial charge in [-0.15, -0.1) is 9.24 Å². The van der Waals surface area contributed by atoms with Gasteiger partial charge in [0.2, 0.25) is 0 Å². The Hall–Kier alpha value is -2.86. The molecule has 0 aromatic heterocycles. The molecule has 0 aliphatic rings. The number of unbranched alkanes of at least 4 members (excludes halogenated alkanes) is 4. The number of benzene rings is 2. The molecule has 2 rings (SSSR count). The van der Waals surface area contributed by atoms with Crippen molar-refractivity contribution in [1.29, 1.82) is 0 Å². The summed E-state index contributed by atoms with van der Waals surface area (Å²) in [6.45, 7) is 4.38. The van der Waals surface area contributed by atoms with Gasteiger partial charge in [0.05, 0.1) is 13.2 Å². The molecular weight excluding hydrogens is 492 g/mol. The van der Waals surface area contributed by atoms with Crippen LogP contribution in [0.15, 0.2) is 49.1 Å². The zero-order chi connectivity index (χ0) is 26.4. The Kier molecular flexibility index (Phi) is 12.5. The Labute approximate surface area is 212 Å². The van der Waals surface area contributed by atoms with E-state index in [0.717, 1.165) is 49.8 Å². The summed E-state index contributed by atoms with van der Waals surface area (Å²) in [7, 11) is 2.17. The topological polar surface area (TPSA) is 61.8 Å². The van der Waals surface area contributed by atoms with Gasteiger partial charge in [0.15, 0.2) is 0 Å². The van der Waals surface area contributed by atoms with Gasteiger partial charge < -0.3 is 14.2 Å². The van der Waals surface area contributed by atoms with Crippen LogP contribution in [0.5, 0.6) is 5.75 Å². The number of halogens is 3. The number of hydrogen-bond donors (Lipinski definition) is 0. The highest BCUT2D eigenvalue weighted by molar-refractivity contribution is 7.27. The average molecular weight is 525 g/mol. The molecule has 0 radical (unpaired) electrons. The average Bonchev–Trinajstić information content (AvgIpc) is 2.83. The molecule has 0 spiro atoms. The van der Waals surface area contributed by atoms with Gasteiger partial charge in [-0.05, 0) is 86.0 Å². The summed E-state index contributed by atoms with van der Waals surface area (Å²) in [6.07, 6.45) is 3.12. The van der Waals surface area contributed by atoms with Crippen molar-refractivity contribution < 1.29 is 37.0 Å². The van der Waals surface area contributed by atoms with Crippen LogP contribution in [0.1, 0.15) is 55.2 Å². The molecule has 2 aromatic carbocycles. The molecule has 0 amide bonds. The van der Waals surface area contributed by atoms with E-state index >= 15 is 0 Å². The van der Waals surface area contributed by atoms with Gasteiger partial charge in [0.25, 0.3) is 6.47 Å². The van der Waals surface area contributed by atoms with Crippen molar-refractivity contribution in [3.63, 3.8) is 0 Å². The summed E-state index contributed by atoms with van der Waals surface area (Å²) >= 11 is 0. The fraction of sp³-hybridized carbons (Fsp3) is 0.407. The summed E-state index contributed by atoms with van der Waals surface area (Å²) in [6, 6.07) is 8.92. The van der Waals surface area contributed by atoms with E-state index in [1.54, 1.807) is 12.1 Å². The lowest BCUT2D eigenvalue weighted by atomic mass is 10.0. The van der Waals surface area contributed by atoms with E-state index in [9.17, 15) is 22.8 Å². The predicted octanol–water partition coefficient (Wildman–Crippen LogP) is 5.78. The highest BCUT2D eigenvalue weighted by Crippen LogP contribution is 2.34. The molecule has 1 unspecified atom stereocenters. The van der Waals surface area contributed by atoms with Crippen LogP contribution in [0.4, 0.5) is 13.2 Å². The summed E-state index contributed by atoms with van der Waals surface area (Å²) in [5.74, 6) is -1.53. The summed E-state index contributed by atoms with van der Waals surface area (Å²) in [4.78, 5) is 21.1. The van der Waals surface area contributed by atoms with E-state index in [1.807, 2.05) is 0 Å². The van der Waals surface area contributed by atoms with E-state index in [4.69, 9.17) is 9.47 Å². The van der Waals surface area contributed by atoms with Crippen LogP contribution >= 0.6 is 9.24 Å². The van der Waals surface area contributed by atoms with Crippen molar-refractivity contribution in [2.24, 2.45) is 0 Å². The van der Waals surface area contributed by atoms with Crippen molar-refractivity contribution in [3.8, 4) is 5.75 Å². The van der Waals surface area contributed by atoms with Gasteiger partial charge in [0, 0.05) is 6.08 Å². The molecule has 1 atom stereocenters. The fourth-order valence-electron chi connectivity index (χ4n) is 3.64. The minimum Gasteiger partial charge on any atom is -0.468 e. The van der Waals surface area contributed by atoms with Crippen molar-refractivity contribution in [1.82, 2.24) is 0 Å². The molecule has 36 heavy (non-hydrogen) atoms. The summed E-state index contributed by atoms with van der Waals surface area (Å²) < 4.78 is 58.8. The first-order valence-electron chi connectivity index (χ1n) is 11.9. The highest BCUT2D eigenvalue weighted by Gasteiger charge is 2.39. The molecule has 2 aromatic rings. The Morgan fingerprint density at radius 2 is 1.58 bits per heavy atom. The molecule has 0 heterocycles. The molecule has 9 heteroatoms. The minimum atomic E-state index is -3.85. The maximum atomic E-state index is 14.9. The standard InChI is InChI=1S/C27H32F3O5P/c1-2-25(32)34-16-8-4-5-9-20-11-13-22(14-12-20)35-27(29,30)26-23(28)17-21(18-24(26)36)10-6-3-7-15-33-19-31/h2,11-14,17-19H,1,3-10,15-16,36H2. The third kappa shape index (κ3) is 10.0. The predicted molar refractivity (Wildman–Crippen MR) is 135 cm³/mol.